The maximum atomic E-state index is 11.7. The van der Waals surface area contributed by atoms with Gasteiger partial charge in [0.15, 0.2) is 0 Å². The minimum Gasteiger partial charge on any atom is -0.335 e. The minimum atomic E-state index is -0.202. The van der Waals surface area contributed by atoms with Crippen LogP contribution in [-0.2, 0) is 0 Å². The number of halogens is 1. The van der Waals surface area contributed by atoms with Crippen LogP contribution in [0.15, 0.2) is 24.3 Å². The van der Waals surface area contributed by atoms with Gasteiger partial charge in [-0.15, -0.1) is 0 Å². The van der Waals surface area contributed by atoms with Crippen molar-refractivity contribution in [2.75, 3.05) is 5.32 Å². The maximum absolute atomic E-state index is 11.7. The first-order valence-electron chi connectivity index (χ1n) is 6.45. The smallest absolute Gasteiger partial charge is 0.319 e. The van der Waals surface area contributed by atoms with Crippen molar-refractivity contribution in [2.45, 2.75) is 45.6 Å². The molecule has 0 heterocycles. The summed E-state index contributed by atoms with van der Waals surface area (Å²) >= 11 is 5.96. The second kappa shape index (κ2) is 7.98. The number of urea groups is 1. The number of anilines is 1. The van der Waals surface area contributed by atoms with E-state index in [4.69, 9.17) is 11.6 Å². The van der Waals surface area contributed by atoms with Crippen molar-refractivity contribution in [3.63, 3.8) is 0 Å². The number of para-hydroxylation sites is 1. The first kappa shape index (κ1) is 14.8. The SMILES string of the molecule is CCCCCC(C)NC(=O)Nc1ccccc1Cl. The molecule has 1 aromatic carbocycles. The molecule has 0 bridgehead atoms. The van der Waals surface area contributed by atoms with Crippen molar-refractivity contribution >= 4 is 23.3 Å². The maximum Gasteiger partial charge on any atom is 0.319 e. The van der Waals surface area contributed by atoms with Crippen molar-refractivity contribution in [1.29, 1.82) is 0 Å². The Morgan fingerprint density at radius 1 is 1.33 bits per heavy atom. The van der Waals surface area contributed by atoms with E-state index in [9.17, 15) is 4.79 Å². The number of hydrogen-bond donors (Lipinski definition) is 2. The van der Waals surface area contributed by atoms with E-state index in [0.717, 1.165) is 12.8 Å². The zero-order valence-corrected chi connectivity index (χ0v) is 11.8. The van der Waals surface area contributed by atoms with E-state index < -0.39 is 0 Å². The van der Waals surface area contributed by atoms with E-state index >= 15 is 0 Å². The Labute approximate surface area is 114 Å². The second-order valence-corrected chi connectivity index (χ2v) is 4.88. The van der Waals surface area contributed by atoms with E-state index in [1.54, 1.807) is 12.1 Å². The summed E-state index contributed by atoms with van der Waals surface area (Å²) in [6, 6.07) is 7.18. The number of carbonyl (C=O) groups excluding carboxylic acids is 1. The lowest BCUT2D eigenvalue weighted by Gasteiger charge is -2.14. The monoisotopic (exact) mass is 268 g/mol. The lowest BCUT2D eigenvalue weighted by Crippen LogP contribution is -2.36. The van der Waals surface area contributed by atoms with Gasteiger partial charge in [0.25, 0.3) is 0 Å². The molecule has 1 atom stereocenters. The van der Waals surface area contributed by atoms with Gasteiger partial charge in [-0.2, -0.15) is 0 Å². The number of carbonyl (C=O) groups is 1. The molecule has 0 fully saturated rings. The van der Waals surface area contributed by atoms with Crippen molar-refractivity contribution in [3.8, 4) is 0 Å². The number of amides is 2. The molecule has 100 valence electrons. The minimum absolute atomic E-state index is 0.180. The van der Waals surface area contributed by atoms with Crippen LogP contribution >= 0.6 is 11.6 Å². The zero-order valence-electron chi connectivity index (χ0n) is 11.0. The molecule has 0 saturated carbocycles. The van der Waals surface area contributed by atoms with E-state index in [-0.39, 0.29) is 12.1 Å². The van der Waals surface area contributed by atoms with Crippen LogP contribution in [0.2, 0.25) is 5.02 Å². The molecule has 1 aromatic rings. The predicted molar refractivity (Wildman–Crippen MR) is 77.2 cm³/mol. The lowest BCUT2D eigenvalue weighted by atomic mass is 10.1. The van der Waals surface area contributed by atoms with Crippen molar-refractivity contribution < 1.29 is 4.79 Å². The van der Waals surface area contributed by atoms with Gasteiger partial charge in [0, 0.05) is 6.04 Å². The van der Waals surface area contributed by atoms with Crippen LogP contribution in [0.5, 0.6) is 0 Å². The highest BCUT2D eigenvalue weighted by Gasteiger charge is 2.08. The number of nitrogens with one attached hydrogen (secondary N) is 2. The van der Waals surface area contributed by atoms with Gasteiger partial charge in [0.05, 0.1) is 10.7 Å². The Bertz CT molecular complexity index is 382. The van der Waals surface area contributed by atoms with E-state index in [2.05, 4.69) is 17.6 Å². The van der Waals surface area contributed by atoms with Gasteiger partial charge in [-0.25, -0.2) is 4.79 Å². The van der Waals surface area contributed by atoms with Crippen molar-refractivity contribution in [2.24, 2.45) is 0 Å². The molecular weight excluding hydrogens is 248 g/mol. The Morgan fingerprint density at radius 3 is 2.72 bits per heavy atom. The Balaban J connectivity index is 2.35. The first-order chi connectivity index (χ1) is 8.63. The molecular formula is C14H21ClN2O. The molecule has 0 spiro atoms. The number of benzene rings is 1. The Morgan fingerprint density at radius 2 is 2.06 bits per heavy atom. The van der Waals surface area contributed by atoms with E-state index in [0.29, 0.717) is 10.7 Å². The van der Waals surface area contributed by atoms with Gasteiger partial charge < -0.3 is 10.6 Å². The Kier molecular flexibility index (Phi) is 6.58. The van der Waals surface area contributed by atoms with Crippen molar-refractivity contribution in [3.05, 3.63) is 29.3 Å². The molecule has 0 aliphatic heterocycles. The fraction of sp³-hybridized carbons (Fsp3) is 0.500. The quantitative estimate of drug-likeness (QED) is 0.736. The largest absolute Gasteiger partial charge is 0.335 e. The molecule has 2 N–H and O–H groups in total. The third-order valence-electron chi connectivity index (χ3n) is 2.74. The normalized spacial score (nSPS) is 11.9. The van der Waals surface area contributed by atoms with E-state index in [1.165, 1.54) is 12.8 Å². The van der Waals surface area contributed by atoms with Crippen molar-refractivity contribution in [1.82, 2.24) is 5.32 Å². The van der Waals surface area contributed by atoms with E-state index in [1.807, 2.05) is 19.1 Å². The predicted octanol–water partition coefficient (Wildman–Crippen LogP) is 4.43. The summed E-state index contributed by atoms with van der Waals surface area (Å²) in [5.74, 6) is 0. The lowest BCUT2D eigenvalue weighted by molar-refractivity contribution is 0.248. The van der Waals surface area contributed by atoms with Crippen LogP contribution in [0.4, 0.5) is 10.5 Å². The summed E-state index contributed by atoms with van der Waals surface area (Å²) < 4.78 is 0. The first-order valence-corrected chi connectivity index (χ1v) is 6.83. The molecule has 0 aromatic heterocycles. The second-order valence-electron chi connectivity index (χ2n) is 4.48. The molecule has 18 heavy (non-hydrogen) atoms. The van der Waals surface area contributed by atoms with Crippen LogP contribution in [0.1, 0.15) is 39.5 Å². The Hall–Kier alpha value is -1.22. The van der Waals surface area contributed by atoms with Crippen LogP contribution in [0.3, 0.4) is 0 Å². The molecule has 4 heteroatoms. The summed E-state index contributed by atoms with van der Waals surface area (Å²) in [6.45, 7) is 4.18. The summed E-state index contributed by atoms with van der Waals surface area (Å²) in [4.78, 5) is 11.7. The summed E-state index contributed by atoms with van der Waals surface area (Å²) in [5.41, 5.74) is 0.637. The van der Waals surface area contributed by atoms with Crippen LogP contribution < -0.4 is 10.6 Å². The molecule has 0 aliphatic carbocycles. The number of rotatable bonds is 6. The van der Waals surface area contributed by atoms with Crippen LogP contribution in [0, 0.1) is 0 Å². The highest BCUT2D eigenvalue weighted by molar-refractivity contribution is 6.33. The summed E-state index contributed by atoms with van der Waals surface area (Å²) in [7, 11) is 0. The highest BCUT2D eigenvalue weighted by atomic mass is 35.5. The van der Waals surface area contributed by atoms with Gasteiger partial charge >= 0.3 is 6.03 Å². The topological polar surface area (TPSA) is 41.1 Å². The highest BCUT2D eigenvalue weighted by Crippen LogP contribution is 2.20. The number of hydrogen-bond acceptors (Lipinski definition) is 1. The fourth-order valence-electron chi connectivity index (χ4n) is 1.72. The van der Waals surface area contributed by atoms with Gasteiger partial charge in [-0.05, 0) is 25.5 Å². The van der Waals surface area contributed by atoms with Gasteiger partial charge in [0.2, 0.25) is 0 Å². The molecule has 0 saturated heterocycles. The fourth-order valence-corrected chi connectivity index (χ4v) is 1.90. The third-order valence-corrected chi connectivity index (χ3v) is 3.07. The zero-order chi connectivity index (χ0) is 13.4. The van der Waals surface area contributed by atoms with Crippen LogP contribution in [-0.4, -0.2) is 12.1 Å². The molecule has 0 radical (unpaired) electrons. The molecule has 0 aliphatic rings. The summed E-state index contributed by atoms with van der Waals surface area (Å²) in [6.07, 6.45) is 4.55. The molecule has 1 rings (SSSR count). The average molecular weight is 269 g/mol. The standard InChI is InChI=1S/C14H21ClN2O/c1-3-4-5-8-11(2)16-14(18)17-13-10-7-6-9-12(13)15/h6-7,9-11H,3-5,8H2,1-2H3,(H2,16,17,18). The molecule has 2 amide bonds. The number of unbranched alkanes of at least 4 members (excludes halogenated alkanes) is 2. The third kappa shape index (κ3) is 5.41. The van der Waals surface area contributed by atoms with Gasteiger partial charge in [-0.3, -0.25) is 0 Å². The molecule has 1 unspecified atom stereocenters. The average Bonchev–Trinajstić information content (AvgIpc) is 2.32. The van der Waals surface area contributed by atoms with Gasteiger partial charge in [0.1, 0.15) is 0 Å². The van der Waals surface area contributed by atoms with Crippen LogP contribution in [0.25, 0.3) is 0 Å². The summed E-state index contributed by atoms with van der Waals surface area (Å²) in [5, 5.41) is 6.20. The van der Waals surface area contributed by atoms with Gasteiger partial charge in [-0.1, -0.05) is 49.9 Å². The molecule has 3 nitrogen and oxygen atoms in total.